The zero-order chi connectivity index (χ0) is 11.4. The molecule has 2 aliphatic rings. The molecular weight excluding hydrogens is 208 g/mol. The number of rotatable bonds is 3. The second-order valence-corrected chi connectivity index (χ2v) is 4.47. The maximum atomic E-state index is 11.7. The number of aliphatic hydroxyl groups is 1. The van der Waals surface area contributed by atoms with Gasteiger partial charge in [-0.25, -0.2) is 0 Å². The third kappa shape index (κ3) is 2.72. The lowest BCUT2D eigenvalue weighted by Crippen LogP contribution is -2.49. The summed E-state index contributed by atoms with van der Waals surface area (Å²) < 4.78 is 5.57. The Hall–Kier alpha value is -0.650. The molecule has 2 saturated heterocycles. The highest BCUT2D eigenvalue weighted by Crippen LogP contribution is 2.15. The van der Waals surface area contributed by atoms with Crippen molar-refractivity contribution in [1.82, 2.24) is 10.2 Å². The molecule has 2 unspecified atom stereocenters. The average Bonchev–Trinajstić information content (AvgIpc) is 2.71. The van der Waals surface area contributed by atoms with Crippen molar-refractivity contribution < 1.29 is 14.6 Å². The fraction of sp³-hybridized carbons (Fsp3) is 0.909. The van der Waals surface area contributed by atoms with Gasteiger partial charge < -0.3 is 15.2 Å². The van der Waals surface area contributed by atoms with Gasteiger partial charge in [0.05, 0.1) is 12.7 Å². The van der Waals surface area contributed by atoms with Crippen molar-refractivity contribution in [1.29, 1.82) is 0 Å². The van der Waals surface area contributed by atoms with Crippen molar-refractivity contribution in [2.24, 2.45) is 0 Å². The van der Waals surface area contributed by atoms with Gasteiger partial charge in [0, 0.05) is 26.2 Å². The number of carbonyl (C=O) groups is 1. The van der Waals surface area contributed by atoms with Crippen LogP contribution in [0.4, 0.5) is 0 Å². The summed E-state index contributed by atoms with van der Waals surface area (Å²) in [7, 11) is 0. The van der Waals surface area contributed by atoms with E-state index in [0.717, 1.165) is 39.0 Å². The van der Waals surface area contributed by atoms with Crippen LogP contribution in [0.3, 0.4) is 0 Å². The number of hydrogen-bond donors (Lipinski definition) is 2. The van der Waals surface area contributed by atoms with E-state index in [-0.39, 0.29) is 18.6 Å². The Kier molecular flexibility index (Phi) is 4.15. The van der Waals surface area contributed by atoms with Crippen LogP contribution in [-0.2, 0) is 9.53 Å². The molecule has 0 aliphatic carbocycles. The van der Waals surface area contributed by atoms with Gasteiger partial charge in [0.15, 0.2) is 0 Å². The topological polar surface area (TPSA) is 61.8 Å². The van der Waals surface area contributed by atoms with Gasteiger partial charge in [-0.15, -0.1) is 0 Å². The highest BCUT2D eigenvalue weighted by atomic mass is 16.5. The first-order valence-electron chi connectivity index (χ1n) is 6.05. The summed E-state index contributed by atoms with van der Waals surface area (Å²) in [6.45, 7) is 3.03. The standard InChI is InChI=1S/C11H20N2O3/c14-8-10-11(15)12-4-2-5-13(10)7-9-3-1-6-16-9/h9-10,14H,1-8H2,(H,12,15). The third-order valence-corrected chi connectivity index (χ3v) is 3.30. The molecule has 2 fully saturated rings. The van der Waals surface area contributed by atoms with E-state index in [4.69, 9.17) is 4.74 Å². The molecule has 5 heteroatoms. The summed E-state index contributed by atoms with van der Waals surface area (Å²) in [6.07, 6.45) is 3.35. The molecule has 2 rings (SSSR count). The number of hydrogen-bond acceptors (Lipinski definition) is 4. The summed E-state index contributed by atoms with van der Waals surface area (Å²) in [5.41, 5.74) is 0. The molecule has 1 amide bonds. The van der Waals surface area contributed by atoms with Crippen LogP contribution in [-0.4, -0.2) is 60.9 Å². The minimum absolute atomic E-state index is 0.0574. The predicted molar refractivity (Wildman–Crippen MR) is 59.0 cm³/mol. The maximum Gasteiger partial charge on any atom is 0.239 e. The molecule has 5 nitrogen and oxygen atoms in total. The van der Waals surface area contributed by atoms with Gasteiger partial charge in [-0.05, 0) is 19.3 Å². The minimum atomic E-state index is -0.397. The van der Waals surface area contributed by atoms with Crippen molar-refractivity contribution in [3.05, 3.63) is 0 Å². The van der Waals surface area contributed by atoms with Gasteiger partial charge in [0.1, 0.15) is 6.04 Å². The second kappa shape index (κ2) is 5.61. The highest BCUT2D eigenvalue weighted by molar-refractivity contribution is 5.82. The predicted octanol–water partition coefficient (Wildman–Crippen LogP) is -0.652. The van der Waals surface area contributed by atoms with Crippen molar-refractivity contribution in [2.45, 2.75) is 31.4 Å². The van der Waals surface area contributed by atoms with Crippen LogP contribution in [0.5, 0.6) is 0 Å². The van der Waals surface area contributed by atoms with E-state index >= 15 is 0 Å². The molecule has 2 heterocycles. The average molecular weight is 228 g/mol. The molecule has 0 aromatic carbocycles. The number of nitrogens with one attached hydrogen (secondary N) is 1. The number of ether oxygens (including phenoxy) is 1. The Morgan fingerprint density at radius 1 is 1.50 bits per heavy atom. The molecule has 2 N–H and O–H groups in total. The van der Waals surface area contributed by atoms with E-state index in [2.05, 4.69) is 10.2 Å². The fourth-order valence-electron chi connectivity index (χ4n) is 2.40. The van der Waals surface area contributed by atoms with E-state index in [0.29, 0.717) is 6.54 Å². The Labute approximate surface area is 95.8 Å². The van der Waals surface area contributed by atoms with E-state index in [1.54, 1.807) is 0 Å². The zero-order valence-corrected chi connectivity index (χ0v) is 9.52. The van der Waals surface area contributed by atoms with Crippen LogP contribution in [0.15, 0.2) is 0 Å². The number of carbonyl (C=O) groups excluding carboxylic acids is 1. The molecule has 0 aromatic rings. The SMILES string of the molecule is O=C1NCCCN(CC2CCCO2)C1CO. The van der Waals surface area contributed by atoms with Gasteiger partial charge in [-0.1, -0.05) is 0 Å². The summed E-state index contributed by atoms with van der Waals surface area (Å²) in [5, 5.41) is 12.1. The van der Waals surface area contributed by atoms with Crippen LogP contribution in [0.1, 0.15) is 19.3 Å². The number of amides is 1. The lowest BCUT2D eigenvalue weighted by molar-refractivity contribution is -0.127. The first-order valence-corrected chi connectivity index (χ1v) is 6.05. The molecule has 0 spiro atoms. The van der Waals surface area contributed by atoms with Crippen molar-refractivity contribution in [3.63, 3.8) is 0 Å². The van der Waals surface area contributed by atoms with Gasteiger partial charge >= 0.3 is 0 Å². The van der Waals surface area contributed by atoms with Gasteiger partial charge in [-0.2, -0.15) is 0 Å². The molecule has 0 saturated carbocycles. The summed E-state index contributed by atoms with van der Waals surface area (Å²) in [5.74, 6) is -0.0574. The number of nitrogens with zero attached hydrogens (tertiary/aromatic N) is 1. The van der Waals surface area contributed by atoms with Crippen molar-refractivity contribution >= 4 is 5.91 Å². The van der Waals surface area contributed by atoms with Crippen LogP contribution < -0.4 is 5.32 Å². The Balaban J connectivity index is 1.94. The first-order chi connectivity index (χ1) is 7.81. The lowest BCUT2D eigenvalue weighted by Gasteiger charge is -2.28. The van der Waals surface area contributed by atoms with Crippen LogP contribution in [0.25, 0.3) is 0 Å². The molecule has 0 bridgehead atoms. The zero-order valence-electron chi connectivity index (χ0n) is 9.52. The summed E-state index contributed by atoms with van der Waals surface area (Å²) in [4.78, 5) is 13.7. The molecule has 2 aliphatic heterocycles. The largest absolute Gasteiger partial charge is 0.394 e. The summed E-state index contributed by atoms with van der Waals surface area (Å²) >= 11 is 0. The van der Waals surface area contributed by atoms with Gasteiger partial charge in [0.25, 0.3) is 0 Å². The van der Waals surface area contributed by atoms with E-state index < -0.39 is 6.04 Å². The molecule has 92 valence electrons. The molecular formula is C11H20N2O3. The monoisotopic (exact) mass is 228 g/mol. The quantitative estimate of drug-likeness (QED) is 0.674. The third-order valence-electron chi connectivity index (χ3n) is 3.30. The Morgan fingerprint density at radius 3 is 3.06 bits per heavy atom. The van der Waals surface area contributed by atoms with Crippen LogP contribution in [0, 0.1) is 0 Å². The Bertz CT molecular complexity index is 241. The molecule has 0 radical (unpaired) electrons. The van der Waals surface area contributed by atoms with E-state index in [1.807, 2.05) is 0 Å². The van der Waals surface area contributed by atoms with E-state index in [1.165, 1.54) is 0 Å². The van der Waals surface area contributed by atoms with Gasteiger partial charge in [-0.3, -0.25) is 9.69 Å². The highest BCUT2D eigenvalue weighted by Gasteiger charge is 2.30. The summed E-state index contributed by atoms with van der Waals surface area (Å²) in [6, 6.07) is -0.397. The lowest BCUT2D eigenvalue weighted by atomic mass is 10.2. The molecule has 2 atom stereocenters. The normalized spacial score (nSPS) is 32.4. The maximum absolute atomic E-state index is 11.7. The van der Waals surface area contributed by atoms with Crippen molar-refractivity contribution in [2.75, 3.05) is 32.8 Å². The number of aliphatic hydroxyl groups excluding tert-OH is 1. The minimum Gasteiger partial charge on any atom is -0.394 e. The van der Waals surface area contributed by atoms with E-state index in [9.17, 15) is 9.90 Å². The van der Waals surface area contributed by atoms with Crippen molar-refractivity contribution in [3.8, 4) is 0 Å². The first kappa shape index (κ1) is 11.8. The fourth-order valence-corrected chi connectivity index (χ4v) is 2.40. The Morgan fingerprint density at radius 2 is 2.38 bits per heavy atom. The van der Waals surface area contributed by atoms with Gasteiger partial charge in [0.2, 0.25) is 5.91 Å². The smallest absolute Gasteiger partial charge is 0.239 e. The molecule has 0 aromatic heterocycles. The molecule has 16 heavy (non-hydrogen) atoms. The second-order valence-electron chi connectivity index (χ2n) is 4.47. The van der Waals surface area contributed by atoms with Crippen LogP contribution >= 0.6 is 0 Å². The van der Waals surface area contributed by atoms with Crippen LogP contribution in [0.2, 0.25) is 0 Å².